The van der Waals surface area contributed by atoms with Crippen LogP contribution in [0.4, 0.5) is 13.2 Å². The second-order valence-corrected chi connectivity index (χ2v) is 8.63. The third-order valence-corrected chi connectivity index (χ3v) is 5.57. The Bertz CT molecular complexity index is 745. The van der Waals surface area contributed by atoms with E-state index in [9.17, 15) is 18.0 Å². The van der Waals surface area contributed by atoms with Crippen LogP contribution in [-0.4, -0.2) is 37.5 Å². The molecule has 0 aliphatic carbocycles. The van der Waals surface area contributed by atoms with Gasteiger partial charge in [0.25, 0.3) is 0 Å². The van der Waals surface area contributed by atoms with Crippen molar-refractivity contribution in [2.75, 3.05) is 12.3 Å². The number of halogens is 3. The van der Waals surface area contributed by atoms with Crippen LogP contribution >= 0.6 is 23.5 Å². The zero-order chi connectivity index (χ0) is 19.4. The Morgan fingerprint density at radius 1 is 1.27 bits per heavy atom. The lowest BCUT2D eigenvalue weighted by Gasteiger charge is -2.22. The maximum atomic E-state index is 12.6. The summed E-state index contributed by atoms with van der Waals surface area (Å²) in [5.41, 5.74) is -0.810. The summed E-state index contributed by atoms with van der Waals surface area (Å²) < 4.78 is 38.7. The summed E-state index contributed by atoms with van der Waals surface area (Å²) in [6.07, 6.45) is -0.0940. The fourth-order valence-corrected chi connectivity index (χ4v) is 3.64. The van der Waals surface area contributed by atoms with Crippen molar-refractivity contribution in [2.24, 2.45) is 7.05 Å². The van der Waals surface area contributed by atoms with Crippen LogP contribution in [0.25, 0.3) is 0 Å². The van der Waals surface area contributed by atoms with Crippen LogP contribution in [0.15, 0.2) is 40.9 Å². The number of thioether (sulfide) groups is 2. The van der Waals surface area contributed by atoms with E-state index in [1.807, 2.05) is 17.8 Å². The summed E-state index contributed by atoms with van der Waals surface area (Å²) in [6, 6.07) is 2.24. The molecule has 0 aliphatic rings. The van der Waals surface area contributed by atoms with Gasteiger partial charge in [0.1, 0.15) is 0 Å². The van der Waals surface area contributed by atoms with Crippen molar-refractivity contribution >= 4 is 29.4 Å². The molecule has 0 unspecified atom stereocenters. The summed E-state index contributed by atoms with van der Waals surface area (Å²) >= 11 is 2.64. The van der Waals surface area contributed by atoms with Crippen molar-refractivity contribution in [3.63, 3.8) is 0 Å². The molecule has 0 fully saturated rings. The number of carbonyl (C=O) groups excluding carboxylic acids is 1. The molecule has 0 radical (unpaired) electrons. The molecule has 0 aliphatic heterocycles. The topological polar surface area (TPSA) is 59.8 Å². The molecule has 0 saturated heterocycles. The molecule has 2 aromatic rings. The first kappa shape index (κ1) is 20.6. The molecule has 10 heteroatoms. The highest BCUT2D eigenvalue weighted by atomic mass is 32.2. The summed E-state index contributed by atoms with van der Waals surface area (Å²) in [4.78, 5) is 20.3. The predicted molar refractivity (Wildman–Crippen MR) is 96.1 cm³/mol. The minimum Gasteiger partial charge on any atom is -0.354 e. The molecule has 0 aromatic carbocycles. The van der Waals surface area contributed by atoms with E-state index >= 15 is 0 Å². The first-order valence-electron chi connectivity index (χ1n) is 7.70. The third-order valence-electron chi connectivity index (χ3n) is 3.37. The van der Waals surface area contributed by atoms with Crippen LogP contribution in [0.2, 0.25) is 0 Å². The van der Waals surface area contributed by atoms with Gasteiger partial charge in [-0.2, -0.15) is 13.2 Å². The minimum absolute atomic E-state index is 0.204. The number of pyridine rings is 1. The van der Waals surface area contributed by atoms with E-state index in [1.165, 1.54) is 17.8 Å². The van der Waals surface area contributed by atoms with Gasteiger partial charge in [0, 0.05) is 37.9 Å². The van der Waals surface area contributed by atoms with Crippen molar-refractivity contribution in [2.45, 2.75) is 35.0 Å². The van der Waals surface area contributed by atoms with Crippen LogP contribution in [0.5, 0.6) is 0 Å². The lowest BCUT2D eigenvalue weighted by molar-refractivity contribution is -0.137. The molecule has 0 spiro atoms. The highest BCUT2D eigenvalue weighted by molar-refractivity contribution is 8.01. The lowest BCUT2D eigenvalue weighted by atomic mass is 10.2. The Hall–Kier alpha value is -1.68. The molecule has 142 valence electrons. The molecule has 1 amide bonds. The maximum absolute atomic E-state index is 12.6. The number of amides is 1. The molecule has 1 N–H and O–H groups in total. The van der Waals surface area contributed by atoms with Crippen LogP contribution in [0.3, 0.4) is 0 Å². The smallest absolute Gasteiger partial charge is 0.354 e. The minimum atomic E-state index is -4.42. The number of nitrogens with one attached hydrogen (secondary N) is 1. The summed E-state index contributed by atoms with van der Waals surface area (Å²) in [5, 5.41) is 4.06. The highest BCUT2D eigenvalue weighted by Gasteiger charge is 2.32. The molecule has 2 rings (SSSR count). The first-order valence-corrected chi connectivity index (χ1v) is 9.50. The normalized spacial score (nSPS) is 12.2. The largest absolute Gasteiger partial charge is 0.417 e. The zero-order valence-electron chi connectivity index (χ0n) is 14.5. The predicted octanol–water partition coefficient (Wildman–Crippen LogP) is 3.61. The summed E-state index contributed by atoms with van der Waals surface area (Å²) in [6.45, 7) is 3.87. The molecule has 0 bridgehead atoms. The quantitative estimate of drug-likeness (QED) is 0.564. The number of imidazole rings is 1. The molecule has 26 heavy (non-hydrogen) atoms. The first-order chi connectivity index (χ1) is 12.1. The van der Waals surface area contributed by atoms with Gasteiger partial charge < -0.3 is 9.88 Å². The fraction of sp³-hybridized carbons (Fsp3) is 0.438. The zero-order valence-corrected chi connectivity index (χ0v) is 16.1. The lowest BCUT2D eigenvalue weighted by Crippen LogP contribution is -2.40. The van der Waals surface area contributed by atoms with Gasteiger partial charge in [-0.1, -0.05) is 23.5 Å². The monoisotopic (exact) mass is 404 g/mol. The number of aryl methyl sites for hydroxylation is 1. The van der Waals surface area contributed by atoms with E-state index in [2.05, 4.69) is 15.3 Å². The van der Waals surface area contributed by atoms with Crippen LogP contribution in [-0.2, 0) is 18.0 Å². The second-order valence-electron chi connectivity index (χ2n) is 5.92. The van der Waals surface area contributed by atoms with Crippen LogP contribution < -0.4 is 5.32 Å². The molecule has 2 heterocycles. The van der Waals surface area contributed by atoms with Crippen molar-refractivity contribution < 1.29 is 18.0 Å². The molecular weight excluding hydrogens is 385 g/mol. The number of alkyl halides is 3. The van der Waals surface area contributed by atoms with Crippen molar-refractivity contribution in [3.05, 3.63) is 36.3 Å². The average Bonchev–Trinajstić information content (AvgIpc) is 2.95. The molecule has 5 nitrogen and oxygen atoms in total. The standard InChI is InChI=1S/C16H19F3N4OS2/c1-15(2,26-12-5-4-11(10-22-12)16(17,18)19)13(24)20-7-9-25-14-21-6-8-23(14)3/h4-6,8,10H,7,9H2,1-3H3,(H,20,24). The second kappa shape index (κ2) is 8.34. The summed E-state index contributed by atoms with van der Waals surface area (Å²) in [5.74, 6) is 0.459. The summed E-state index contributed by atoms with van der Waals surface area (Å²) in [7, 11) is 1.89. The number of hydrogen-bond donors (Lipinski definition) is 1. The third kappa shape index (κ3) is 5.66. The maximum Gasteiger partial charge on any atom is 0.417 e. The fourth-order valence-electron chi connectivity index (χ4n) is 1.93. The Morgan fingerprint density at radius 2 is 2.00 bits per heavy atom. The van der Waals surface area contributed by atoms with Gasteiger partial charge >= 0.3 is 6.18 Å². The SMILES string of the molecule is Cn1ccnc1SCCNC(=O)C(C)(C)Sc1ccc(C(F)(F)F)cn1. The van der Waals surface area contributed by atoms with Gasteiger partial charge in [0.05, 0.1) is 15.3 Å². The number of carbonyl (C=O) groups is 1. The van der Waals surface area contributed by atoms with E-state index in [4.69, 9.17) is 0 Å². The van der Waals surface area contributed by atoms with E-state index in [-0.39, 0.29) is 5.91 Å². The van der Waals surface area contributed by atoms with Crippen LogP contribution in [0.1, 0.15) is 19.4 Å². The molecule has 0 saturated carbocycles. The number of hydrogen-bond acceptors (Lipinski definition) is 5. The number of nitrogens with zero attached hydrogens (tertiary/aromatic N) is 3. The van der Waals surface area contributed by atoms with E-state index in [0.29, 0.717) is 17.3 Å². The molecular formula is C16H19F3N4OS2. The Morgan fingerprint density at radius 3 is 2.54 bits per heavy atom. The van der Waals surface area contributed by atoms with Gasteiger partial charge in [-0.25, -0.2) is 9.97 Å². The molecule has 0 atom stereocenters. The van der Waals surface area contributed by atoms with Crippen LogP contribution in [0, 0.1) is 0 Å². The average molecular weight is 404 g/mol. The van der Waals surface area contributed by atoms with Gasteiger partial charge in [-0.05, 0) is 26.0 Å². The Labute approximate surface area is 158 Å². The van der Waals surface area contributed by atoms with Crippen molar-refractivity contribution in [1.82, 2.24) is 19.9 Å². The van der Waals surface area contributed by atoms with Gasteiger partial charge in [-0.3, -0.25) is 4.79 Å². The van der Waals surface area contributed by atoms with E-state index in [0.717, 1.165) is 29.2 Å². The Kier molecular flexibility index (Phi) is 6.62. The van der Waals surface area contributed by atoms with Crippen molar-refractivity contribution in [3.8, 4) is 0 Å². The van der Waals surface area contributed by atoms with Gasteiger partial charge in [-0.15, -0.1) is 0 Å². The van der Waals surface area contributed by atoms with Gasteiger partial charge in [0.15, 0.2) is 5.16 Å². The number of rotatable bonds is 7. The van der Waals surface area contributed by atoms with E-state index in [1.54, 1.807) is 20.0 Å². The number of aromatic nitrogens is 3. The Balaban J connectivity index is 1.84. The molecule has 2 aromatic heterocycles. The van der Waals surface area contributed by atoms with Gasteiger partial charge in [0.2, 0.25) is 5.91 Å². The van der Waals surface area contributed by atoms with Crippen molar-refractivity contribution in [1.29, 1.82) is 0 Å². The highest BCUT2D eigenvalue weighted by Crippen LogP contribution is 2.34. The van der Waals surface area contributed by atoms with E-state index < -0.39 is 16.5 Å².